The number of ether oxygens (including phenoxy) is 1. The summed E-state index contributed by atoms with van der Waals surface area (Å²) in [6.45, 7) is 6.78. The molecule has 2 aliphatic rings. The van der Waals surface area contributed by atoms with Gasteiger partial charge < -0.3 is 18.6 Å². The van der Waals surface area contributed by atoms with Crippen LogP contribution in [-0.2, 0) is 14.8 Å². The molecule has 0 bridgehead atoms. The largest absolute Gasteiger partial charge is 0.464 e. The van der Waals surface area contributed by atoms with Crippen molar-refractivity contribution in [2.24, 2.45) is 5.41 Å². The highest BCUT2D eigenvalue weighted by Crippen LogP contribution is 2.43. The molecule has 4 heterocycles. The van der Waals surface area contributed by atoms with E-state index in [-0.39, 0.29) is 39.9 Å². The Labute approximate surface area is 223 Å². The molecule has 9 nitrogen and oxygen atoms in total. The minimum Gasteiger partial charge on any atom is -0.464 e. The van der Waals surface area contributed by atoms with Crippen LogP contribution in [0.1, 0.15) is 58.4 Å². The van der Waals surface area contributed by atoms with Gasteiger partial charge in [-0.2, -0.15) is 4.31 Å². The average Bonchev–Trinajstić information content (AvgIpc) is 3.64. The summed E-state index contributed by atoms with van der Waals surface area (Å²) in [5.74, 6) is -0.287. The lowest BCUT2D eigenvalue weighted by Crippen LogP contribution is -2.45. The Kier molecular flexibility index (Phi) is 6.96. The van der Waals surface area contributed by atoms with Gasteiger partial charge in [0.25, 0.3) is 5.91 Å². The molecule has 0 radical (unpaired) electrons. The average molecular weight is 540 g/mol. The van der Waals surface area contributed by atoms with Crippen LogP contribution in [-0.4, -0.2) is 66.9 Å². The Bertz CT molecular complexity index is 1450. The van der Waals surface area contributed by atoms with Gasteiger partial charge in [-0.25, -0.2) is 13.2 Å². The van der Waals surface area contributed by atoms with E-state index in [0.29, 0.717) is 51.0 Å². The van der Waals surface area contributed by atoms with Crippen molar-refractivity contribution in [3.63, 3.8) is 0 Å². The zero-order valence-corrected chi connectivity index (χ0v) is 22.8. The van der Waals surface area contributed by atoms with Gasteiger partial charge >= 0.3 is 5.97 Å². The molecule has 3 aromatic rings. The van der Waals surface area contributed by atoms with Crippen LogP contribution < -0.4 is 0 Å². The summed E-state index contributed by atoms with van der Waals surface area (Å²) in [4.78, 5) is 27.8. The van der Waals surface area contributed by atoms with E-state index in [4.69, 9.17) is 9.15 Å². The molecule has 0 atom stereocenters. The predicted octanol–water partition coefficient (Wildman–Crippen LogP) is 4.18. The fourth-order valence-electron chi connectivity index (χ4n) is 5.78. The number of carbonyl (C=O) groups excluding carboxylic acids is 2. The van der Waals surface area contributed by atoms with Gasteiger partial charge in [-0.1, -0.05) is 12.1 Å². The molecule has 38 heavy (non-hydrogen) atoms. The minimum absolute atomic E-state index is 0.0183. The molecule has 1 aromatic carbocycles. The summed E-state index contributed by atoms with van der Waals surface area (Å²) in [6, 6.07) is 11.4. The van der Waals surface area contributed by atoms with E-state index in [9.17, 15) is 18.0 Å². The Balaban J connectivity index is 1.31. The first-order valence-electron chi connectivity index (χ1n) is 13.0. The normalized spacial score (nSPS) is 17.7. The highest BCUT2D eigenvalue weighted by atomic mass is 32.2. The molecule has 10 heteroatoms. The van der Waals surface area contributed by atoms with Crippen LogP contribution in [0.3, 0.4) is 0 Å². The molecule has 202 valence electrons. The number of aryl methyl sites for hydroxylation is 2. The lowest BCUT2D eigenvalue weighted by molar-refractivity contribution is 0.0519. The maximum absolute atomic E-state index is 13.7. The Morgan fingerprint density at radius 1 is 0.974 bits per heavy atom. The molecule has 2 saturated heterocycles. The third-order valence-corrected chi connectivity index (χ3v) is 9.81. The molecule has 0 saturated carbocycles. The number of likely N-dealkylation sites (tertiary alicyclic amines) is 1. The lowest BCUT2D eigenvalue weighted by atomic mass is 9.78. The molecular formula is C28H33N3O6S. The van der Waals surface area contributed by atoms with Crippen LogP contribution in [0.5, 0.6) is 0 Å². The molecule has 1 amide bonds. The maximum atomic E-state index is 13.7. The number of carbonyl (C=O) groups is 2. The number of furan rings is 1. The Morgan fingerprint density at radius 2 is 1.63 bits per heavy atom. The van der Waals surface area contributed by atoms with Crippen molar-refractivity contribution < 1.29 is 27.2 Å². The number of amides is 1. The number of para-hydroxylation sites is 1. The maximum Gasteiger partial charge on any atom is 0.343 e. The van der Waals surface area contributed by atoms with Crippen LogP contribution in [0.4, 0.5) is 0 Å². The van der Waals surface area contributed by atoms with Crippen molar-refractivity contribution >= 4 is 21.9 Å². The van der Waals surface area contributed by atoms with Crippen molar-refractivity contribution in [2.45, 2.75) is 44.9 Å². The highest BCUT2D eigenvalue weighted by molar-refractivity contribution is 7.89. The lowest BCUT2D eigenvalue weighted by Gasteiger charge is -2.39. The molecule has 2 aliphatic heterocycles. The second-order valence-corrected chi connectivity index (χ2v) is 12.0. The van der Waals surface area contributed by atoms with Crippen molar-refractivity contribution in [2.75, 3.05) is 32.8 Å². The molecule has 0 unspecified atom stereocenters. The highest BCUT2D eigenvalue weighted by Gasteiger charge is 2.47. The van der Waals surface area contributed by atoms with E-state index in [0.717, 1.165) is 5.69 Å². The fourth-order valence-corrected chi connectivity index (χ4v) is 7.70. The zero-order valence-electron chi connectivity index (χ0n) is 22.0. The van der Waals surface area contributed by atoms with Crippen LogP contribution in [0, 0.1) is 19.3 Å². The van der Waals surface area contributed by atoms with Crippen LogP contribution >= 0.6 is 0 Å². The second-order valence-electron chi connectivity index (χ2n) is 10.1. The van der Waals surface area contributed by atoms with Crippen molar-refractivity contribution in [1.82, 2.24) is 13.8 Å². The molecule has 2 aromatic heterocycles. The number of sulfonamides is 1. The van der Waals surface area contributed by atoms with Crippen LogP contribution in [0.25, 0.3) is 5.69 Å². The first kappa shape index (κ1) is 26.2. The Morgan fingerprint density at radius 3 is 2.32 bits per heavy atom. The minimum atomic E-state index is -3.97. The van der Waals surface area contributed by atoms with Crippen molar-refractivity contribution in [3.05, 3.63) is 71.4 Å². The third kappa shape index (κ3) is 4.56. The van der Waals surface area contributed by atoms with Crippen LogP contribution in [0.2, 0.25) is 0 Å². The summed E-state index contributed by atoms with van der Waals surface area (Å²) in [7, 11) is -3.97. The van der Waals surface area contributed by atoms with Crippen LogP contribution in [0.15, 0.2) is 58.1 Å². The molecule has 0 N–H and O–H groups in total. The molecule has 5 rings (SSSR count). The van der Waals surface area contributed by atoms with E-state index in [1.807, 2.05) is 58.3 Å². The quantitative estimate of drug-likeness (QED) is 0.436. The number of benzene rings is 1. The van der Waals surface area contributed by atoms with Gasteiger partial charge in [0.2, 0.25) is 10.0 Å². The van der Waals surface area contributed by atoms with E-state index < -0.39 is 16.0 Å². The number of piperidine rings is 1. The zero-order chi connectivity index (χ0) is 27.1. The van der Waals surface area contributed by atoms with Gasteiger partial charge in [-0.05, 0) is 69.7 Å². The fraction of sp³-hybridized carbons (Fsp3) is 0.429. The summed E-state index contributed by atoms with van der Waals surface area (Å²) in [5, 5.41) is 0. The number of nitrogens with zero attached hydrogens (tertiary/aromatic N) is 3. The first-order chi connectivity index (χ1) is 18.2. The summed E-state index contributed by atoms with van der Waals surface area (Å²) in [6.07, 6.45) is 5.97. The van der Waals surface area contributed by atoms with E-state index >= 15 is 0 Å². The van der Waals surface area contributed by atoms with Crippen molar-refractivity contribution in [3.8, 4) is 5.69 Å². The second kappa shape index (κ2) is 10.1. The molecule has 2 fully saturated rings. The van der Waals surface area contributed by atoms with Crippen molar-refractivity contribution in [1.29, 1.82) is 0 Å². The summed E-state index contributed by atoms with van der Waals surface area (Å²) < 4.78 is 41.5. The number of rotatable bonds is 6. The SMILES string of the molecule is CCOC(=O)c1c(C)oc(C)c1S(=O)(=O)N1CCC2(CCN(C(=O)c3ccccc3-n3cccc3)CC2)C1. The first-order valence-corrected chi connectivity index (χ1v) is 14.4. The standard InChI is InChI=1S/C28H33N3O6S/c1-4-36-27(33)24-20(2)37-21(3)25(24)38(34,35)31-18-13-28(19-31)11-16-30(17-12-28)26(32)22-9-5-6-10-23(22)29-14-7-8-15-29/h5-10,14-15H,4,11-13,16-19H2,1-3H3. The van der Waals surface area contributed by atoms with E-state index in [2.05, 4.69) is 0 Å². The number of hydrogen-bond acceptors (Lipinski definition) is 6. The summed E-state index contributed by atoms with van der Waals surface area (Å²) in [5.41, 5.74) is 1.25. The number of aromatic nitrogens is 1. The molecule has 0 aliphatic carbocycles. The number of esters is 1. The topological polar surface area (TPSA) is 102 Å². The predicted molar refractivity (Wildman–Crippen MR) is 141 cm³/mol. The molecule has 1 spiro atoms. The Hall–Kier alpha value is -3.37. The van der Waals surface area contributed by atoms with Gasteiger partial charge in [0.05, 0.1) is 17.9 Å². The van der Waals surface area contributed by atoms with E-state index in [1.165, 1.54) is 4.31 Å². The van der Waals surface area contributed by atoms with Gasteiger partial charge in [0, 0.05) is 38.6 Å². The summed E-state index contributed by atoms with van der Waals surface area (Å²) >= 11 is 0. The number of hydrogen-bond donors (Lipinski definition) is 0. The van der Waals surface area contributed by atoms with E-state index in [1.54, 1.807) is 20.8 Å². The van der Waals surface area contributed by atoms with Gasteiger partial charge in [-0.3, -0.25) is 4.79 Å². The monoisotopic (exact) mass is 539 g/mol. The smallest absolute Gasteiger partial charge is 0.343 e. The van der Waals surface area contributed by atoms with Gasteiger partial charge in [-0.15, -0.1) is 0 Å². The van der Waals surface area contributed by atoms with Gasteiger partial charge in [0.15, 0.2) is 0 Å². The molecular weight excluding hydrogens is 506 g/mol. The van der Waals surface area contributed by atoms with Gasteiger partial charge in [0.1, 0.15) is 22.0 Å². The third-order valence-electron chi connectivity index (χ3n) is 7.81.